The summed E-state index contributed by atoms with van der Waals surface area (Å²) in [5.74, 6) is 1.12. The second kappa shape index (κ2) is 7.27. The molecule has 0 N–H and O–H groups in total. The third kappa shape index (κ3) is 3.94. The van der Waals surface area contributed by atoms with E-state index in [1.54, 1.807) is 18.5 Å². The molecule has 7 nitrogen and oxygen atoms in total. The molecule has 0 aromatic carbocycles. The van der Waals surface area contributed by atoms with Gasteiger partial charge in [0.15, 0.2) is 5.82 Å². The molecular formula is C16H22N4O3S2. The SMILES string of the molecule is CCc1ccc(S(=O)(=O)N2CCC(Oc3cncc(N(C)C)n3)C2)s1. The molecule has 0 amide bonds. The number of aromatic nitrogens is 2. The lowest BCUT2D eigenvalue weighted by Gasteiger charge is -2.17. The number of sulfonamides is 1. The Hall–Kier alpha value is -1.71. The first kappa shape index (κ1) is 18.1. The Labute approximate surface area is 152 Å². The first-order valence-electron chi connectivity index (χ1n) is 8.15. The lowest BCUT2D eigenvalue weighted by molar-refractivity contribution is 0.206. The van der Waals surface area contributed by atoms with Gasteiger partial charge in [0.1, 0.15) is 10.3 Å². The van der Waals surface area contributed by atoms with Crippen LogP contribution >= 0.6 is 11.3 Å². The lowest BCUT2D eigenvalue weighted by Crippen LogP contribution is -2.30. The van der Waals surface area contributed by atoms with Gasteiger partial charge in [-0.3, -0.25) is 4.98 Å². The lowest BCUT2D eigenvalue weighted by atomic mass is 10.3. The summed E-state index contributed by atoms with van der Waals surface area (Å²) in [5, 5.41) is 0. The fourth-order valence-corrected chi connectivity index (χ4v) is 5.54. The summed E-state index contributed by atoms with van der Waals surface area (Å²) in [4.78, 5) is 11.4. The number of hydrogen-bond acceptors (Lipinski definition) is 7. The molecule has 1 fully saturated rings. The Kier molecular flexibility index (Phi) is 5.26. The zero-order valence-corrected chi connectivity index (χ0v) is 16.2. The van der Waals surface area contributed by atoms with Crippen molar-refractivity contribution >= 4 is 27.2 Å². The normalized spacial score (nSPS) is 18.4. The molecule has 2 aromatic rings. The monoisotopic (exact) mass is 382 g/mol. The first-order chi connectivity index (χ1) is 11.9. The number of aryl methyl sites for hydroxylation is 1. The van der Waals surface area contributed by atoms with Crippen molar-refractivity contribution in [2.45, 2.75) is 30.1 Å². The third-order valence-corrected chi connectivity index (χ3v) is 7.59. The van der Waals surface area contributed by atoms with Crippen molar-refractivity contribution in [3.63, 3.8) is 0 Å². The summed E-state index contributed by atoms with van der Waals surface area (Å²) in [6.07, 6.45) is 4.47. The van der Waals surface area contributed by atoms with Gasteiger partial charge in [0.05, 0.1) is 18.9 Å². The predicted octanol–water partition coefficient (Wildman–Crippen LogP) is 2.01. The first-order valence-corrected chi connectivity index (χ1v) is 10.4. The van der Waals surface area contributed by atoms with Crippen molar-refractivity contribution in [1.82, 2.24) is 14.3 Å². The number of rotatable bonds is 6. The Bertz CT molecular complexity index is 835. The van der Waals surface area contributed by atoms with Gasteiger partial charge in [0, 0.05) is 25.5 Å². The van der Waals surface area contributed by atoms with Gasteiger partial charge in [0.25, 0.3) is 10.0 Å². The molecular weight excluding hydrogens is 360 g/mol. The molecule has 1 atom stereocenters. The maximum Gasteiger partial charge on any atom is 0.252 e. The van der Waals surface area contributed by atoms with Crippen LogP contribution in [0.3, 0.4) is 0 Å². The summed E-state index contributed by atoms with van der Waals surface area (Å²) < 4.78 is 33.2. The molecule has 136 valence electrons. The minimum atomic E-state index is -3.45. The van der Waals surface area contributed by atoms with Gasteiger partial charge < -0.3 is 9.64 Å². The molecule has 1 saturated heterocycles. The molecule has 1 unspecified atom stereocenters. The van der Waals surface area contributed by atoms with Crippen LogP contribution in [-0.4, -0.2) is 56.0 Å². The standard InChI is InChI=1S/C16H22N4O3S2/c1-4-13-5-6-16(24-13)25(21,22)20-8-7-12(11-20)23-15-10-17-9-14(18-15)19(2)3/h5-6,9-10,12H,4,7-8,11H2,1-3H3. The molecule has 0 spiro atoms. The van der Waals surface area contributed by atoms with E-state index >= 15 is 0 Å². The van der Waals surface area contributed by atoms with E-state index in [0.29, 0.717) is 35.4 Å². The minimum absolute atomic E-state index is 0.216. The maximum atomic E-state index is 12.8. The van der Waals surface area contributed by atoms with Crippen LogP contribution in [0, 0.1) is 0 Å². The van der Waals surface area contributed by atoms with Gasteiger partial charge in [0.2, 0.25) is 5.88 Å². The van der Waals surface area contributed by atoms with E-state index in [1.165, 1.54) is 15.6 Å². The fourth-order valence-electron chi connectivity index (χ4n) is 2.61. The molecule has 3 rings (SSSR count). The van der Waals surface area contributed by atoms with E-state index in [2.05, 4.69) is 9.97 Å². The summed E-state index contributed by atoms with van der Waals surface area (Å²) in [6, 6.07) is 3.57. The molecule has 0 aliphatic carbocycles. The minimum Gasteiger partial charge on any atom is -0.472 e. The largest absolute Gasteiger partial charge is 0.472 e. The van der Waals surface area contributed by atoms with Gasteiger partial charge >= 0.3 is 0 Å². The van der Waals surface area contributed by atoms with Gasteiger partial charge in [-0.1, -0.05) is 6.92 Å². The van der Waals surface area contributed by atoms with Crippen molar-refractivity contribution in [3.05, 3.63) is 29.4 Å². The maximum absolute atomic E-state index is 12.8. The quantitative estimate of drug-likeness (QED) is 0.761. The molecule has 3 heterocycles. The smallest absolute Gasteiger partial charge is 0.252 e. The molecule has 25 heavy (non-hydrogen) atoms. The Morgan fingerprint density at radius 1 is 1.36 bits per heavy atom. The van der Waals surface area contributed by atoms with Crippen molar-refractivity contribution in [2.75, 3.05) is 32.1 Å². The Balaban J connectivity index is 1.68. The molecule has 1 aliphatic rings. The van der Waals surface area contributed by atoms with Crippen LogP contribution < -0.4 is 9.64 Å². The molecule has 0 radical (unpaired) electrons. The number of anilines is 1. The van der Waals surface area contributed by atoms with Crippen LogP contribution in [0.4, 0.5) is 5.82 Å². The van der Waals surface area contributed by atoms with E-state index < -0.39 is 10.0 Å². The van der Waals surface area contributed by atoms with E-state index in [9.17, 15) is 8.42 Å². The van der Waals surface area contributed by atoms with E-state index in [0.717, 1.165) is 11.3 Å². The highest BCUT2D eigenvalue weighted by atomic mass is 32.2. The summed E-state index contributed by atoms with van der Waals surface area (Å²) in [5.41, 5.74) is 0. The topological polar surface area (TPSA) is 75.6 Å². The molecule has 0 saturated carbocycles. The van der Waals surface area contributed by atoms with E-state index in [4.69, 9.17) is 4.74 Å². The molecule has 1 aliphatic heterocycles. The average Bonchev–Trinajstić information content (AvgIpc) is 3.24. The van der Waals surface area contributed by atoms with Gasteiger partial charge in [-0.25, -0.2) is 8.42 Å². The third-order valence-electron chi connectivity index (χ3n) is 4.03. The van der Waals surface area contributed by atoms with Crippen molar-refractivity contribution in [3.8, 4) is 5.88 Å². The fraction of sp³-hybridized carbons (Fsp3) is 0.500. The van der Waals surface area contributed by atoms with Crippen LogP contribution in [0.5, 0.6) is 5.88 Å². The Morgan fingerprint density at radius 2 is 2.16 bits per heavy atom. The Morgan fingerprint density at radius 3 is 2.84 bits per heavy atom. The number of nitrogens with zero attached hydrogens (tertiary/aromatic N) is 4. The highest BCUT2D eigenvalue weighted by Crippen LogP contribution is 2.28. The van der Waals surface area contributed by atoms with Gasteiger partial charge in [-0.15, -0.1) is 11.3 Å². The average molecular weight is 383 g/mol. The highest BCUT2D eigenvalue weighted by molar-refractivity contribution is 7.91. The van der Waals surface area contributed by atoms with E-state index in [-0.39, 0.29) is 6.10 Å². The zero-order valence-electron chi connectivity index (χ0n) is 14.5. The van der Waals surface area contributed by atoms with Gasteiger partial charge in [-0.2, -0.15) is 9.29 Å². The second-order valence-corrected chi connectivity index (χ2v) is 9.41. The molecule has 9 heteroatoms. The summed E-state index contributed by atoms with van der Waals surface area (Å²) >= 11 is 1.34. The van der Waals surface area contributed by atoms with Crippen LogP contribution in [0.1, 0.15) is 18.2 Å². The summed E-state index contributed by atoms with van der Waals surface area (Å²) in [7, 11) is 0.309. The van der Waals surface area contributed by atoms with Crippen LogP contribution in [0.25, 0.3) is 0 Å². The molecule has 2 aromatic heterocycles. The zero-order chi connectivity index (χ0) is 18.0. The number of ether oxygens (including phenoxy) is 1. The van der Waals surface area contributed by atoms with Crippen molar-refractivity contribution in [1.29, 1.82) is 0 Å². The van der Waals surface area contributed by atoms with Gasteiger partial charge in [-0.05, 0) is 25.0 Å². The van der Waals surface area contributed by atoms with Crippen molar-refractivity contribution in [2.24, 2.45) is 0 Å². The number of thiophene rings is 1. The predicted molar refractivity (Wildman–Crippen MR) is 97.8 cm³/mol. The van der Waals surface area contributed by atoms with E-state index in [1.807, 2.05) is 32.0 Å². The second-order valence-electron chi connectivity index (χ2n) is 6.08. The summed E-state index contributed by atoms with van der Waals surface area (Å²) in [6.45, 7) is 2.80. The number of hydrogen-bond donors (Lipinski definition) is 0. The van der Waals surface area contributed by atoms with Crippen LogP contribution in [-0.2, 0) is 16.4 Å². The van der Waals surface area contributed by atoms with Crippen LogP contribution in [0.15, 0.2) is 28.7 Å². The highest BCUT2D eigenvalue weighted by Gasteiger charge is 2.34. The van der Waals surface area contributed by atoms with Crippen LogP contribution in [0.2, 0.25) is 0 Å². The van der Waals surface area contributed by atoms with Crippen molar-refractivity contribution < 1.29 is 13.2 Å². The molecule has 0 bridgehead atoms.